The number of rotatable bonds is 1. The van der Waals surface area contributed by atoms with E-state index >= 15 is 0 Å². The molecule has 0 heterocycles. The number of carbonyl (C=O) groups is 1. The van der Waals surface area contributed by atoms with Gasteiger partial charge >= 0.3 is 6.03 Å². The lowest BCUT2D eigenvalue weighted by Gasteiger charge is -2.10. The smallest absolute Gasteiger partial charge is 0.326 e. The third-order valence-corrected chi connectivity index (χ3v) is 2.02. The Labute approximate surface area is 104 Å². The van der Waals surface area contributed by atoms with Crippen LogP contribution >= 0.6 is 24.0 Å². The number of aryl methyl sites for hydroxylation is 1. The van der Waals surface area contributed by atoms with Crippen LogP contribution in [0.5, 0.6) is 0 Å². The molecule has 16 heavy (non-hydrogen) atoms. The topological polar surface area (TPSA) is 91.0 Å². The van der Waals surface area contributed by atoms with Crippen molar-refractivity contribution in [2.24, 2.45) is 5.73 Å². The summed E-state index contributed by atoms with van der Waals surface area (Å²) < 4.78 is 0. The number of halogens is 2. The van der Waals surface area contributed by atoms with Crippen molar-refractivity contribution in [2.75, 3.05) is 5.32 Å². The number of hydrogen-bond acceptors (Lipinski definition) is 2. The minimum absolute atomic E-state index is 0. The number of hydrogen-bond donors (Lipinski definition) is 4. The van der Waals surface area contributed by atoms with E-state index in [0.717, 1.165) is 5.56 Å². The minimum Gasteiger partial charge on any atom is -0.370 e. The van der Waals surface area contributed by atoms with Gasteiger partial charge in [-0.2, -0.15) is 0 Å². The molecular weight excluding hydrogens is 251 g/mol. The number of para-hydroxylation sites is 1. The summed E-state index contributed by atoms with van der Waals surface area (Å²) in [7, 11) is 0. The van der Waals surface area contributed by atoms with Gasteiger partial charge in [0.1, 0.15) is 0 Å². The molecule has 0 unspecified atom stereocenters. The largest absolute Gasteiger partial charge is 0.370 e. The van der Waals surface area contributed by atoms with E-state index < -0.39 is 12.0 Å². The Kier molecular flexibility index (Phi) is 5.63. The third kappa shape index (κ3) is 3.96. The molecule has 0 spiro atoms. The van der Waals surface area contributed by atoms with E-state index in [-0.39, 0.29) is 12.4 Å². The number of anilines is 1. The van der Waals surface area contributed by atoms with Crippen LogP contribution in [0.3, 0.4) is 0 Å². The average molecular weight is 263 g/mol. The molecule has 0 radical (unpaired) electrons. The van der Waals surface area contributed by atoms with Gasteiger partial charge < -0.3 is 11.1 Å². The van der Waals surface area contributed by atoms with Crippen LogP contribution in [0, 0.1) is 12.3 Å². The number of amides is 2. The molecule has 0 aliphatic heterocycles. The fourth-order valence-corrected chi connectivity index (χ4v) is 1.33. The van der Waals surface area contributed by atoms with E-state index in [0.29, 0.717) is 10.7 Å². The van der Waals surface area contributed by atoms with E-state index in [1.165, 1.54) is 0 Å². The van der Waals surface area contributed by atoms with Gasteiger partial charge in [0.05, 0.1) is 10.7 Å². The van der Waals surface area contributed by atoms with Crippen molar-refractivity contribution in [1.29, 1.82) is 5.41 Å². The monoisotopic (exact) mass is 262 g/mol. The number of carbonyl (C=O) groups excluding carboxylic acids is 1. The molecule has 0 saturated heterocycles. The van der Waals surface area contributed by atoms with Crippen LogP contribution in [0.1, 0.15) is 5.56 Å². The fourth-order valence-electron chi connectivity index (χ4n) is 1.06. The van der Waals surface area contributed by atoms with E-state index in [4.69, 9.17) is 22.7 Å². The van der Waals surface area contributed by atoms with E-state index in [2.05, 4.69) is 10.6 Å². The van der Waals surface area contributed by atoms with Gasteiger partial charge in [-0.05, 0) is 18.6 Å². The third-order valence-electron chi connectivity index (χ3n) is 1.71. The maximum absolute atomic E-state index is 11.2. The lowest BCUT2D eigenvalue weighted by atomic mass is 10.2. The Morgan fingerprint density at radius 2 is 2.12 bits per heavy atom. The molecule has 0 saturated carbocycles. The predicted octanol–water partition coefficient (Wildman–Crippen LogP) is 2.09. The molecule has 0 atom stereocenters. The highest BCUT2D eigenvalue weighted by Gasteiger charge is 2.07. The van der Waals surface area contributed by atoms with Gasteiger partial charge in [-0.25, -0.2) is 4.79 Å². The molecule has 0 aliphatic carbocycles. The molecule has 88 valence electrons. The summed E-state index contributed by atoms with van der Waals surface area (Å²) in [6.07, 6.45) is 0. The SMILES string of the molecule is Cc1cccc(Cl)c1NC(=O)NC(=N)N.Cl. The average Bonchev–Trinajstić information content (AvgIpc) is 2.10. The zero-order chi connectivity index (χ0) is 11.4. The maximum atomic E-state index is 11.2. The Balaban J connectivity index is 0.00000225. The van der Waals surface area contributed by atoms with Crippen molar-refractivity contribution in [2.45, 2.75) is 6.92 Å². The first kappa shape index (κ1) is 14.5. The molecule has 0 aliphatic rings. The molecule has 5 nitrogen and oxygen atoms in total. The van der Waals surface area contributed by atoms with Crippen molar-refractivity contribution in [1.82, 2.24) is 5.32 Å². The summed E-state index contributed by atoms with van der Waals surface area (Å²) in [5.74, 6) is -0.419. The van der Waals surface area contributed by atoms with Gasteiger partial charge in [0.25, 0.3) is 0 Å². The molecule has 2 amide bonds. The second-order valence-electron chi connectivity index (χ2n) is 2.92. The van der Waals surface area contributed by atoms with Gasteiger partial charge in [-0.15, -0.1) is 12.4 Å². The standard InChI is InChI=1S/C9H11ClN4O.ClH/c1-5-3-2-4-6(10)7(5)13-9(15)14-8(11)12;/h2-4H,1H3,(H5,11,12,13,14,15);1H. The zero-order valence-electron chi connectivity index (χ0n) is 8.50. The number of nitrogens with two attached hydrogens (primary N) is 1. The van der Waals surface area contributed by atoms with Crippen molar-refractivity contribution in [3.63, 3.8) is 0 Å². The lowest BCUT2D eigenvalue weighted by Crippen LogP contribution is -2.38. The Hall–Kier alpha value is -1.46. The Morgan fingerprint density at radius 1 is 1.50 bits per heavy atom. The van der Waals surface area contributed by atoms with Gasteiger partial charge in [-0.3, -0.25) is 10.7 Å². The van der Waals surface area contributed by atoms with Crippen LogP contribution in [0.15, 0.2) is 18.2 Å². The molecule has 1 aromatic carbocycles. The molecule has 7 heteroatoms. The molecule has 1 rings (SSSR count). The van der Waals surface area contributed by atoms with Crippen molar-refractivity contribution < 1.29 is 4.79 Å². The first-order valence-corrected chi connectivity index (χ1v) is 4.55. The van der Waals surface area contributed by atoms with Crippen LogP contribution in [0.4, 0.5) is 10.5 Å². The van der Waals surface area contributed by atoms with Crippen LogP contribution < -0.4 is 16.4 Å². The predicted molar refractivity (Wildman–Crippen MR) is 67.5 cm³/mol. The Morgan fingerprint density at radius 3 is 2.62 bits per heavy atom. The zero-order valence-corrected chi connectivity index (χ0v) is 10.1. The summed E-state index contributed by atoms with van der Waals surface area (Å²) in [4.78, 5) is 11.2. The molecule has 1 aromatic rings. The van der Waals surface area contributed by atoms with E-state index in [9.17, 15) is 4.79 Å². The van der Waals surface area contributed by atoms with Crippen molar-refractivity contribution >= 4 is 41.7 Å². The van der Waals surface area contributed by atoms with E-state index in [1.54, 1.807) is 12.1 Å². The van der Waals surface area contributed by atoms with Gasteiger partial charge in [-0.1, -0.05) is 23.7 Å². The number of urea groups is 1. The summed E-state index contributed by atoms with van der Waals surface area (Å²) >= 11 is 5.88. The van der Waals surface area contributed by atoms with Crippen LogP contribution in [-0.4, -0.2) is 12.0 Å². The normalized spacial score (nSPS) is 8.88. The molecule has 0 bridgehead atoms. The summed E-state index contributed by atoms with van der Waals surface area (Å²) in [5.41, 5.74) is 6.35. The van der Waals surface area contributed by atoms with E-state index in [1.807, 2.05) is 13.0 Å². The van der Waals surface area contributed by atoms with Crippen LogP contribution in [0.2, 0.25) is 5.02 Å². The first-order valence-electron chi connectivity index (χ1n) is 4.18. The molecule has 0 aromatic heterocycles. The van der Waals surface area contributed by atoms with Gasteiger partial charge in [0, 0.05) is 0 Å². The summed E-state index contributed by atoms with van der Waals surface area (Å²) in [5, 5.41) is 11.9. The molecule has 5 N–H and O–H groups in total. The highest BCUT2D eigenvalue weighted by atomic mass is 35.5. The summed E-state index contributed by atoms with van der Waals surface area (Å²) in [6, 6.07) is 4.68. The van der Waals surface area contributed by atoms with Crippen LogP contribution in [0.25, 0.3) is 0 Å². The summed E-state index contributed by atoms with van der Waals surface area (Å²) in [6.45, 7) is 1.81. The first-order chi connectivity index (χ1) is 7.00. The minimum atomic E-state index is -0.585. The highest BCUT2D eigenvalue weighted by molar-refractivity contribution is 6.34. The number of nitrogens with one attached hydrogen (secondary N) is 3. The maximum Gasteiger partial charge on any atom is 0.326 e. The fraction of sp³-hybridized carbons (Fsp3) is 0.111. The second kappa shape index (κ2) is 6.19. The molecular formula is C9H12Cl2N4O. The Bertz CT molecular complexity index is 388. The molecule has 0 fully saturated rings. The second-order valence-corrected chi connectivity index (χ2v) is 3.33. The lowest BCUT2D eigenvalue weighted by molar-refractivity contribution is 0.256. The van der Waals surface area contributed by atoms with Crippen LogP contribution in [-0.2, 0) is 0 Å². The van der Waals surface area contributed by atoms with Gasteiger partial charge in [0.15, 0.2) is 5.96 Å². The highest BCUT2D eigenvalue weighted by Crippen LogP contribution is 2.24. The number of guanidine groups is 1. The number of benzene rings is 1. The van der Waals surface area contributed by atoms with Crippen molar-refractivity contribution in [3.8, 4) is 0 Å². The quantitative estimate of drug-likeness (QED) is 0.461. The van der Waals surface area contributed by atoms with Crippen molar-refractivity contribution in [3.05, 3.63) is 28.8 Å². The van der Waals surface area contributed by atoms with Gasteiger partial charge in [0.2, 0.25) is 0 Å².